The van der Waals surface area contributed by atoms with E-state index in [4.69, 9.17) is 4.84 Å². The van der Waals surface area contributed by atoms with Gasteiger partial charge in [-0.2, -0.15) is 0 Å². The number of carbonyl (C=O) groups is 1. The van der Waals surface area contributed by atoms with Crippen molar-refractivity contribution in [1.82, 2.24) is 4.90 Å². The van der Waals surface area contributed by atoms with Gasteiger partial charge in [-0.25, -0.2) is 0 Å². The summed E-state index contributed by atoms with van der Waals surface area (Å²) in [7, 11) is 1.76. The van der Waals surface area contributed by atoms with Gasteiger partial charge in [0.1, 0.15) is 0 Å². The molecule has 2 rings (SSSR count). The van der Waals surface area contributed by atoms with E-state index in [9.17, 15) is 4.79 Å². The number of carbonyl (C=O) groups excluding carboxylic acids is 1. The molecule has 0 saturated heterocycles. The molecular weight excluding hydrogens is 364 g/mol. The molecule has 6 heteroatoms. The highest BCUT2D eigenvalue weighted by atomic mass is 79.9. The van der Waals surface area contributed by atoms with Crippen LogP contribution in [0.15, 0.2) is 51.4 Å². The van der Waals surface area contributed by atoms with Crippen LogP contribution in [0.4, 0.5) is 0 Å². The number of hydrogen-bond acceptors (Lipinski definition) is 4. The van der Waals surface area contributed by atoms with Crippen molar-refractivity contribution in [3.05, 3.63) is 56.7 Å². The molecule has 22 heavy (non-hydrogen) atoms. The van der Waals surface area contributed by atoms with Gasteiger partial charge in [0.05, 0.1) is 14.4 Å². The average molecular weight is 381 g/mol. The van der Waals surface area contributed by atoms with Crippen LogP contribution in [0.2, 0.25) is 0 Å². The summed E-state index contributed by atoms with van der Waals surface area (Å²) >= 11 is 4.98. The number of likely N-dealkylation sites (N-methyl/N-ethyl adjacent to an activating group) is 1. The van der Waals surface area contributed by atoms with Gasteiger partial charge in [-0.1, -0.05) is 35.5 Å². The second kappa shape index (κ2) is 8.10. The SMILES string of the molecule is CC(=NOCC(=O)N(C)Cc1ccccc1)c1ccc(Br)s1. The lowest BCUT2D eigenvalue weighted by atomic mass is 10.2. The minimum absolute atomic E-state index is 0.0623. The van der Waals surface area contributed by atoms with Gasteiger partial charge < -0.3 is 9.74 Å². The predicted octanol–water partition coefficient (Wildman–Crippen LogP) is 3.91. The summed E-state index contributed by atoms with van der Waals surface area (Å²) in [5.74, 6) is -0.104. The van der Waals surface area contributed by atoms with E-state index in [2.05, 4.69) is 21.1 Å². The quantitative estimate of drug-likeness (QED) is 0.563. The lowest BCUT2D eigenvalue weighted by molar-refractivity contribution is -0.135. The van der Waals surface area contributed by atoms with Gasteiger partial charge in [-0.3, -0.25) is 4.79 Å². The number of oxime groups is 1. The molecule has 1 aromatic carbocycles. The molecule has 0 bridgehead atoms. The van der Waals surface area contributed by atoms with Crippen LogP contribution < -0.4 is 0 Å². The van der Waals surface area contributed by atoms with Crippen LogP contribution in [-0.2, 0) is 16.2 Å². The highest BCUT2D eigenvalue weighted by molar-refractivity contribution is 9.11. The zero-order valence-corrected chi connectivity index (χ0v) is 14.9. The van der Waals surface area contributed by atoms with Crippen molar-refractivity contribution >= 4 is 38.9 Å². The Morgan fingerprint density at radius 2 is 2.00 bits per heavy atom. The zero-order chi connectivity index (χ0) is 15.9. The Bertz CT molecular complexity index is 655. The molecule has 1 heterocycles. The first-order valence-electron chi connectivity index (χ1n) is 6.76. The predicted molar refractivity (Wildman–Crippen MR) is 93.1 cm³/mol. The summed E-state index contributed by atoms with van der Waals surface area (Å²) in [4.78, 5) is 19.8. The molecule has 1 aromatic heterocycles. The molecule has 2 aromatic rings. The summed E-state index contributed by atoms with van der Waals surface area (Å²) in [6, 6.07) is 13.8. The van der Waals surface area contributed by atoms with Gasteiger partial charge >= 0.3 is 0 Å². The van der Waals surface area contributed by atoms with E-state index in [-0.39, 0.29) is 12.5 Å². The Labute approximate surface area is 142 Å². The van der Waals surface area contributed by atoms with E-state index in [1.807, 2.05) is 49.4 Å². The van der Waals surface area contributed by atoms with Gasteiger partial charge in [-0.05, 0) is 40.5 Å². The Balaban J connectivity index is 1.82. The minimum Gasteiger partial charge on any atom is -0.385 e. The number of rotatable bonds is 6. The summed E-state index contributed by atoms with van der Waals surface area (Å²) < 4.78 is 1.04. The van der Waals surface area contributed by atoms with E-state index >= 15 is 0 Å². The van der Waals surface area contributed by atoms with Crippen LogP contribution in [0.1, 0.15) is 17.4 Å². The van der Waals surface area contributed by atoms with Crippen molar-refractivity contribution in [2.45, 2.75) is 13.5 Å². The summed E-state index contributed by atoms with van der Waals surface area (Å²) in [6.07, 6.45) is 0. The summed E-state index contributed by atoms with van der Waals surface area (Å²) in [5.41, 5.74) is 1.84. The Hall–Kier alpha value is -1.66. The number of thiophene rings is 1. The molecule has 0 spiro atoms. The monoisotopic (exact) mass is 380 g/mol. The molecule has 4 nitrogen and oxygen atoms in total. The lowest BCUT2D eigenvalue weighted by Crippen LogP contribution is -2.29. The molecule has 0 saturated carbocycles. The molecule has 0 fully saturated rings. The van der Waals surface area contributed by atoms with E-state index in [1.165, 1.54) is 0 Å². The second-order valence-electron chi connectivity index (χ2n) is 4.79. The summed E-state index contributed by atoms with van der Waals surface area (Å²) in [6.45, 7) is 2.35. The first-order chi connectivity index (χ1) is 10.6. The van der Waals surface area contributed by atoms with Gasteiger partial charge in [-0.15, -0.1) is 11.3 Å². The fourth-order valence-electron chi connectivity index (χ4n) is 1.79. The van der Waals surface area contributed by atoms with Crippen molar-refractivity contribution in [2.24, 2.45) is 5.16 Å². The van der Waals surface area contributed by atoms with Crippen molar-refractivity contribution < 1.29 is 9.63 Å². The molecule has 0 aliphatic carbocycles. The molecule has 0 radical (unpaired) electrons. The third-order valence-electron chi connectivity index (χ3n) is 3.01. The molecule has 1 amide bonds. The third kappa shape index (κ3) is 4.96. The normalized spacial score (nSPS) is 11.3. The van der Waals surface area contributed by atoms with Gasteiger partial charge in [0, 0.05) is 13.6 Å². The van der Waals surface area contributed by atoms with E-state index in [0.717, 1.165) is 19.9 Å². The fourth-order valence-corrected chi connectivity index (χ4v) is 3.12. The van der Waals surface area contributed by atoms with Crippen LogP contribution in [0.25, 0.3) is 0 Å². The third-order valence-corrected chi connectivity index (χ3v) is 4.74. The highest BCUT2D eigenvalue weighted by Gasteiger charge is 2.10. The average Bonchev–Trinajstić information content (AvgIpc) is 2.94. The van der Waals surface area contributed by atoms with Crippen LogP contribution in [0.5, 0.6) is 0 Å². The smallest absolute Gasteiger partial charge is 0.263 e. The number of hydrogen-bond donors (Lipinski definition) is 0. The number of benzene rings is 1. The van der Waals surface area contributed by atoms with E-state index < -0.39 is 0 Å². The van der Waals surface area contributed by atoms with E-state index in [0.29, 0.717) is 6.54 Å². The highest BCUT2D eigenvalue weighted by Crippen LogP contribution is 2.22. The van der Waals surface area contributed by atoms with Gasteiger partial charge in [0.2, 0.25) is 0 Å². The van der Waals surface area contributed by atoms with Crippen molar-refractivity contribution in [1.29, 1.82) is 0 Å². The Kier molecular flexibility index (Phi) is 6.15. The fraction of sp³-hybridized carbons (Fsp3) is 0.250. The number of halogens is 1. The Morgan fingerprint density at radius 1 is 1.27 bits per heavy atom. The first kappa shape index (κ1) is 16.7. The maximum atomic E-state index is 12.0. The Morgan fingerprint density at radius 3 is 2.64 bits per heavy atom. The lowest BCUT2D eigenvalue weighted by Gasteiger charge is -2.16. The maximum Gasteiger partial charge on any atom is 0.263 e. The molecule has 116 valence electrons. The van der Waals surface area contributed by atoms with Gasteiger partial charge in [0.15, 0.2) is 6.61 Å². The van der Waals surface area contributed by atoms with Crippen LogP contribution in [-0.4, -0.2) is 30.2 Å². The van der Waals surface area contributed by atoms with Crippen LogP contribution in [0, 0.1) is 0 Å². The maximum absolute atomic E-state index is 12.0. The molecule has 0 N–H and O–H groups in total. The standard InChI is InChI=1S/C16H17BrN2O2S/c1-12(14-8-9-15(17)22-14)18-21-11-16(20)19(2)10-13-6-4-3-5-7-13/h3-9H,10-11H2,1-2H3. The van der Waals surface area contributed by atoms with Crippen molar-refractivity contribution in [3.8, 4) is 0 Å². The van der Waals surface area contributed by atoms with Crippen molar-refractivity contribution in [2.75, 3.05) is 13.7 Å². The minimum atomic E-state index is -0.104. The number of amides is 1. The number of nitrogens with zero attached hydrogens (tertiary/aromatic N) is 2. The van der Waals surface area contributed by atoms with E-state index in [1.54, 1.807) is 23.3 Å². The molecule has 0 aliphatic rings. The van der Waals surface area contributed by atoms with Crippen LogP contribution in [0.3, 0.4) is 0 Å². The molecule has 0 atom stereocenters. The largest absolute Gasteiger partial charge is 0.385 e. The second-order valence-corrected chi connectivity index (χ2v) is 7.25. The zero-order valence-electron chi connectivity index (χ0n) is 12.5. The first-order valence-corrected chi connectivity index (χ1v) is 8.37. The van der Waals surface area contributed by atoms with Crippen molar-refractivity contribution in [3.63, 3.8) is 0 Å². The summed E-state index contributed by atoms with van der Waals surface area (Å²) in [5, 5.41) is 4.00. The van der Waals surface area contributed by atoms with Gasteiger partial charge in [0.25, 0.3) is 5.91 Å². The van der Waals surface area contributed by atoms with Crippen LogP contribution >= 0.6 is 27.3 Å². The molecule has 0 aliphatic heterocycles. The molecular formula is C16H17BrN2O2S. The molecule has 0 unspecified atom stereocenters. The topological polar surface area (TPSA) is 41.9 Å².